The standard InChI is InChI=1S/C10H13NO6S2/c1-18(14,15)5-6-19(16,17)7-8-3-2-4-9(11-8)10(12)13/h2-4H,5-7H2,1H3,(H,12,13). The molecule has 0 fully saturated rings. The molecule has 19 heavy (non-hydrogen) atoms. The first-order valence-electron chi connectivity index (χ1n) is 5.16. The van der Waals surface area contributed by atoms with E-state index in [1.54, 1.807) is 0 Å². The number of carboxylic acids is 1. The maximum Gasteiger partial charge on any atom is 0.354 e. The fourth-order valence-electron chi connectivity index (χ4n) is 1.25. The lowest BCUT2D eigenvalue weighted by Crippen LogP contribution is -2.18. The minimum absolute atomic E-state index is 0.0772. The SMILES string of the molecule is CS(=O)(=O)CCS(=O)(=O)Cc1cccc(C(=O)O)n1. The third-order valence-electron chi connectivity index (χ3n) is 2.16. The summed E-state index contributed by atoms with van der Waals surface area (Å²) in [6, 6.07) is 4.01. The number of sulfone groups is 2. The summed E-state index contributed by atoms with van der Waals surface area (Å²) < 4.78 is 45.2. The van der Waals surface area contributed by atoms with Crippen molar-refractivity contribution in [2.75, 3.05) is 17.8 Å². The molecule has 0 atom stereocenters. The molecule has 0 aliphatic heterocycles. The first-order valence-corrected chi connectivity index (χ1v) is 9.05. The van der Waals surface area contributed by atoms with Gasteiger partial charge in [0.2, 0.25) is 0 Å². The zero-order valence-electron chi connectivity index (χ0n) is 10.1. The summed E-state index contributed by atoms with van der Waals surface area (Å²) in [6.07, 6.45) is 0.950. The van der Waals surface area contributed by atoms with E-state index in [0.717, 1.165) is 6.26 Å². The van der Waals surface area contributed by atoms with Gasteiger partial charge >= 0.3 is 5.97 Å². The van der Waals surface area contributed by atoms with Crippen molar-refractivity contribution < 1.29 is 26.7 Å². The number of pyridine rings is 1. The van der Waals surface area contributed by atoms with Crippen LogP contribution in [0.1, 0.15) is 16.2 Å². The van der Waals surface area contributed by atoms with Gasteiger partial charge in [-0.05, 0) is 12.1 Å². The minimum Gasteiger partial charge on any atom is -0.477 e. The first kappa shape index (κ1) is 15.6. The van der Waals surface area contributed by atoms with E-state index >= 15 is 0 Å². The smallest absolute Gasteiger partial charge is 0.354 e. The summed E-state index contributed by atoms with van der Waals surface area (Å²) in [6.45, 7) is 0. The number of hydrogen-bond acceptors (Lipinski definition) is 6. The van der Waals surface area contributed by atoms with Gasteiger partial charge in [0.25, 0.3) is 0 Å². The molecule has 1 aromatic rings. The Morgan fingerprint density at radius 3 is 2.37 bits per heavy atom. The van der Waals surface area contributed by atoms with E-state index in [1.807, 2.05) is 0 Å². The number of carboxylic acid groups (broad SMARTS) is 1. The Morgan fingerprint density at radius 2 is 1.84 bits per heavy atom. The van der Waals surface area contributed by atoms with Crippen molar-refractivity contribution in [1.29, 1.82) is 0 Å². The van der Waals surface area contributed by atoms with Gasteiger partial charge in [0.1, 0.15) is 15.5 Å². The summed E-state index contributed by atoms with van der Waals surface area (Å²) in [5, 5.41) is 8.73. The summed E-state index contributed by atoms with van der Waals surface area (Å²) in [5.74, 6) is -2.71. The Hall–Kier alpha value is -1.48. The molecule has 1 heterocycles. The van der Waals surface area contributed by atoms with Crippen molar-refractivity contribution in [2.24, 2.45) is 0 Å². The molecule has 1 rings (SSSR count). The van der Waals surface area contributed by atoms with E-state index in [1.165, 1.54) is 18.2 Å². The predicted octanol–water partition coefficient (Wildman–Crippen LogP) is -0.261. The Kier molecular flexibility index (Phi) is 4.64. The fourth-order valence-corrected chi connectivity index (χ4v) is 4.24. The van der Waals surface area contributed by atoms with Crippen molar-refractivity contribution in [3.05, 3.63) is 29.6 Å². The highest BCUT2D eigenvalue weighted by molar-refractivity contribution is 7.94. The van der Waals surface area contributed by atoms with Gasteiger partial charge in [-0.2, -0.15) is 0 Å². The van der Waals surface area contributed by atoms with E-state index in [4.69, 9.17) is 5.11 Å². The van der Waals surface area contributed by atoms with Crippen LogP contribution in [0.25, 0.3) is 0 Å². The van der Waals surface area contributed by atoms with E-state index < -0.39 is 42.9 Å². The lowest BCUT2D eigenvalue weighted by Gasteiger charge is -2.04. The quantitative estimate of drug-likeness (QED) is 0.769. The lowest BCUT2D eigenvalue weighted by molar-refractivity contribution is 0.0690. The Labute approximate surface area is 111 Å². The summed E-state index contributed by atoms with van der Waals surface area (Å²) >= 11 is 0. The maximum atomic E-state index is 11.7. The second-order valence-electron chi connectivity index (χ2n) is 4.04. The highest BCUT2D eigenvalue weighted by atomic mass is 32.2. The van der Waals surface area contributed by atoms with Crippen molar-refractivity contribution >= 4 is 25.6 Å². The number of rotatable bonds is 6. The van der Waals surface area contributed by atoms with Crippen LogP contribution in [0, 0.1) is 0 Å². The Bertz CT molecular complexity index is 678. The molecule has 7 nitrogen and oxygen atoms in total. The molecule has 0 aromatic carbocycles. The fraction of sp³-hybridized carbons (Fsp3) is 0.400. The normalized spacial score (nSPS) is 12.3. The second kappa shape index (κ2) is 5.66. The lowest BCUT2D eigenvalue weighted by atomic mass is 10.3. The molecule has 0 aliphatic rings. The molecule has 0 spiro atoms. The van der Waals surface area contributed by atoms with E-state index in [2.05, 4.69) is 4.98 Å². The highest BCUT2D eigenvalue weighted by Crippen LogP contribution is 2.06. The molecule has 0 unspecified atom stereocenters. The van der Waals surface area contributed by atoms with Gasteiger partial charge in [0, 0.05) is 6.26 Å². The molecular formula is C10H13NO6S2. The summed E-state index contributed by atoms with van der Waals surface area (Å²) in [4.78, 5) is 14.4. The van der Waals surface area contributed by atoms with Gasteiger partial charge in [-0.1, -0.05) is 6.07 Å². The first-order chi connectivity index (χ1) is 8.59. The number of carbonyl (C=O) groups is 1. The van der Waals surface area contributed by atoms with Crippen LogP contribution in [0.3, 0.4) is 0 Å². The van der Waals surface area contributed by atoms with Crippen molar-refractivity contribution in [3.8, 4) is 0 Å². The van der Waals surface area contributed by atoms with E-state index in [0.29, 0.717) is 0 Å². The summed E-state index contributed by atoms with van der Waals surface area (Å²) in [7, 11) is -7.01. The molecular weight excluding hydrogens is 294 g/mol. The molecule has 0 aliphatic carbocycles. The molecule has 1 N–H and O–H groups in total. The van der Waals surface area contributed by atoms with Crippen LogP contribution in [0.5, 0.6) is 0 Å². The van der Waals surface area contributed by atoms with Gasteiger partial charge in [0.05, 0.1) is 23.0 Å². The van der Waals surface area contributed by atoms with Crippen molar-refractivity contribution in [3.63, 3.8) is 0 Å². The van der Waals surface area contributed by atoms with Crippen molar-refractivity contribution in [2.45, 2.75) is 5.75 Å². The predicted molar refractivity (Wildman–Crippen MR) is 68.4 cm³/mol. The third-order valence-corrected chi connectivity index (χ3v) is 4.92. The average Bonchev–Trinajstić information content (AvgIpc) is 2.25. The molecule has 0 bridgehead atoms. The van der Waals surface area contributed by atoms with Crippen LogP contribution in [-0.4, -0.2) is 50.7 Å². The average molecular weight is 307 g/mol. The molecule has 0 saturated carbocycles. The van der Waals surface area contributed by atoms with Crippen LogP contribution in [0.2, 0.25) is 0 Å². The van der Waals surface area contributed by atoms with Crippen LogP contribution in [0.4, 0.5) is 0 Å². The topological polar surface area (TPSA) is 118 Å². The van der Waals surface area contributed by atoms with Gasteiger partial charge in [-0.3, -0.25) is 0 Å². The molecule has 0 amide bonds. The molecule has 1 aromatic heterocycles. The third kappa shape index (κ3) is 5.79. The number of aromatic nitrogens is 1. The largest absolute Gasteiger partial charge is 0.477 e. The van der Waals surface area contributed by atoms with Gasteiger partial charge < -0.3 is 5.11 Å². The Balaban J connectivity index is 2.84. The van der Waals surface area contributed by atoms with Crippen molar-refractivity contribution in [1.82, 2.24) is 4.98 Å². The zero-order chi connectivity index (χ0) is 14.7. The second-order valence-corrected chi connectivity index (χ2v) is 8.49. The number of hydrogen-bond donors (Lipinski definition) is 1. The maximum absolute atomic E-state index is 11.7. The summed E-state index contributed by atoms with van der Waals surface area (Å²) in [5.41, 5.74) is -0.177. The van der Waals surface area contributed by atoms with Crippen LogP contribution < -0.4 is 0 Å². The van der Waals surface area contributed by atoms with Crippen LogP contribution in [-0.2, 0) is 25.4 Å². The molecule has 106 valence electrons. The molecule has 0 radical (unpaired) electrons. The molecule has 9 heteroatoms. The van der Waals surface area contributed by atoms with Crippen LogP contribution >= 0.6 is 0 Å². The highest BCUT2D eigenvalue weighted by Gasteiger charge is 2.17. The number of nitrogens with zero attached hydrogens (tertiary/aromatic N) is 1. The van der Waals surface area contributed by atoms with E-state index in [-0.39, 0.29) is 11.4 Å². The van der Waals surface area contributed by atoms with Crippen LogP contribution in [0.15, 0.2) is 18.2 Å². The molecule has 0 saturated heterocycles. The zero-order valence-corrected chi connectivity index (χ0v) is 11.7. The minimum atomic E-state index is -3.64. The Morgan fingerprint density at radius 1 is 1.21 bits per heavy atom. The van der Waals surface area contributed by atoms with E-state index in [9.17, 15) is 21.6 Å². The van der Waals surface area contributed by atoms with Gasteiger partial charge in [-0.15, -0.1) is 0 Å². The number of aromatic carboxylic acids is 1. The van der Waals surface area contributed by atoms with Gasteiger partial charge in [0.15, 0.2) is 9.84 Å². The van der Waals surface area contributed by atoms with Gasteiger partial charge in [-0.25, -0.2) is 26.6 Å². The monoisotopic (exact) mass is 307 g/mol.